The third-order valence-corrected chi connectivity index (χ3v) is 6.34. The van der Waals surface area contributed by atoms with Gasteiger partial charge in [-0.15, -0.1) is 0 Å². The van der Waals surface area contributed by atoms with Crippen molar-refractivity contribution in [2.75, 3.05) is 6.54 Å². The van der Waals surface area contributed by atoms with E-state index in [4.69, 9.17) is 0 Å². The molecule has 0 saturated heterocycles. The zero-order chi connectivity index (χ0) is 16.8. The van der Waals surface area contributed by atoms with Crippen molar-refractivity contribution < 1.29 is 0 Å². The minimum Gasteiger partial charge on any atom is -0.311 e. The molecule has 0 aromatic rings. The first kappa shape index (κ1) is 21.0. The Kier molecular flexibility index (Phi) is 12.1. The van der Waals surface area contributed by atoms with Gasteiger partial charge in [-0.3, -0.25) is 0 Å². The molecule has 23 heavy (non-hydrogen) atoms. The van der Waals surface area contributed by atoms with Crippen molar-refractivity contribution in [3.05, 3.63) is 0 Å². The van der Waals surface area contributed by atoms with Crippen LogP contribution in [-0.2, 0) is 0 Å². The van der Waals surface area contributed by atoms with E-state index in [-0.39, 0.29) is 0 Å². The van der Waals surface area contributed by atoms with Gasteiger partial charge < -0.3 is 5.32 Å². The van der Waals surface area contributed by atoms with Gasteiger partial charge in [-0.2, -0.15) is 0 Å². The molecule has 1 saturated carbocycles. The fraction of sp³-hybridized carbons (Fsp3) is 1.00. The van der Waals surface area contributed by atoms with Crippen molar-refractivity contribution in [3.8, 4) is 0 Å². The average molecular weight is 324 g/mol. The lowest BCUT2D eigenvalue weighted by molar-refractivity contribution is 0.130. The highest BCUT2D eigenvalue weighted by molar-refractivity contribution is 4.95. The monoisotopic (exact) mass is 323 g/mol. The second-order valence-electron chi connectivity index (χ2n) is 7.97. The second-order valence-corrected chi connectivity index (χ2v) is 7.97. The lowest BCUT2D eigenvalue weighted by Gasteiger charge is -2.44. The second kappa shape index (κ2) is 13.3. The van der Waals surface area contributed by atoms with Gasteiger partial charge in [0.2, 0.25) is 0 Å². The lowest BCUT2D eigenvalue weighted by atomic mass is 9.70. The van der Waals surface area contributed by atoms with Crippen molar-refractivity contribution in [2.45, 2.75) is 129 Å². The molecule has 1 nitrogen and oxygen atoms in total. The Labute approximate surface area is 147 Å². The van der Waals surface area contributed by atoms with E-state index in [0.717, 1.165) is 5.92 Å². The van der Waals surface area contributed by atoms with Crippen LogP contribution in [0.25, 0.3) is 0 Å². The zero-order valence-electron chi connectivity index (χ0n) is 16.6. The fourth-order valence-corrected chi connectivity index (χ4v) is 4.68. The Morgan fingerprint density at radius 3 is 1.96 bits per heavy atom. The van der Waals surface area contributed by atoms with E-state index in [9.17, 15) is 0 Å². The molecule has 2 atom stereocenters. The van der Waals surface area contributed by atoms with Gasteiger partial charge in [-0.25, -0.2) is 0 Å². The predicted octanol–water partition coefficient (Wildman–Crippen LogP) is 7.25. The van der Waals surface area contributed by atoms with Crippen molar-refractivity contribution >= 4 is 0 Å². The van der Waals surface area contributed by atoms with Crippen LogP contribution in [0.15, 0.2) is 0 Å². The van der Waals surface area contributed by atoms with Crippen LogP contribution in [0.5, 0.6) is 0 Å². The molecule has 2 unspecified atom stereocenters. The highest BCUT2D eigenvalue weighted by Gasteiger charge is 2.37. The highest BCUT2D eigenvalue weighted by atomic mass is 15.0. The first-order chi connectivity index (χ1) is 11.3. The molecule has 1 rings (SSSR count). The minimum absolute atomic E-state index is 0.478. The Balaban J connectivity index is 2.02. The zero-order valence-corrected chi connectivity index (χ0v) is 16.6. The van der Waals surface area contributed by atoms with Gasteiger partial charge in [0, 0.05) is 5.54 Å². The molecule has 0 spiro atoms. The van der Waals surface area contributed by atoms with Gasteiger partial charge in [0.05, 0.1) is 0 Å². The van der Waals surface area contributed by atoms with Gasteiger partial charge in [0.15, 0.2) is 0 Å². The number of hydrogen-bond acceptors (Lipinski definition) is 1. The molecule has 0 aliphatic heterocycles. The van der Waals surface area contributed by atoms with E-state index >= 15 is 0 Å². The Morgan fingerprint density at radius 1 is 0.783 bits per heavy atom. The maximum Gasteiger partial charge on any atom is 0.0206 e. The Bertz CT molecular complexity index is 263. The Hall–Kier alpha value is -0.0400. The van der Waals surface area contributed by atoms with Crippen LogP contribution in [-0.4, -0.2) is 12.1 Å². The van der Waals surface area contributed by atoms with Crippen LogP contribution >= 0.6 is 0 Å². The van der Waals surface area contributed by atoms with Crippen LogP contribution in [0.4, 0.5) is 0 Å². The molecule has 138 valence electrons. The first-order valence-electron chi connectivity index (χ1n) is 11.0. The largest absolute Gasteiger partial charge is 0.311 e. The van der Waals surface area contributed by atoms with Crippen LogP contribution in [0.1, 0.15) is 124 Å². The van der Waals surface area contributed by atoms with Crippen molar-refractivity contribution in [1.82, 2.24) is 5.32 Å². The lowest BCUT2D eigenvalue weighted by Crippen LogP contribution is -2.52. The maximum absolute atomic E-state index is 4.01. The molecule has 0 amide bonds. The quantitative estimate of drug-likeness (QED) is 0.332. The smallest absolute Gasteiger partial charge is 0.0206 e. The normalized spacial score (nSPS) is 24.9. The third-order valence-electron chi connectivity index (χ3n) is 6.34. The van der Waals surface area contributed by atoms with Crippen molar-refractivity contribution in [1.29, 1.82) is 0 Å². The van der Waals surface area contributed by atoms with Gasteiger partial charge in [0.1, 0.15) is 0 Å². The van der Waals surface area contributed by atoms with Gasteiger partial charge in [-0.05, 0) is 38.1 Å². The number of rotatable bonds is 14. The van der Waals surface area contributed by atoms with Gasteiger partial charge in [0.25, 0.3) is 0 Å². The summed E-state index contributed by atoms with van der Waals surface area (Å²) >= 11 is 0. The summed E-state index contributed by atoms with van der Waals surface area (Å²) in [5.74, 6) is 0.921. The average Bonchev–Trinajstić information content (AvgIpc) is 2.60. The summed E-state index contributed by atoms with van der Waals surface area (Å²) in [6.45, 7) is 8.34. The van der Waals surface area contributed by atoms with Crippen molar-refractivity contribution in [2.24, 2.45) is 5.92 Å². The SMILES string of the molecule is CCCCCCCCCCCCNC1(CC)CCCCC1CC. The van der Waals surface area contributed by atoms with Crippen molar-refractivity contribution in [3.63, 3.8) is 0 Å². The predicted molar refractivity (Wildman–Crippen MR) is 105 cm³/mol. The van der Waals surface area contributed by atoms with E-state index in [0.29, 0.717) is 5.54 Å². The van der Waals surface area contributed by atoms with Crippen LogP contribution in [0.2, 0.25) is 0 Å². The molecule has 0 radical (unpaired) electrons. The molecule has 1 aliphatic carbocycles. The summed E-state index contributed by atoms with van der Waals surface area (Å²) in [5, 5.41) is 4.01. The summed E-state index contributed by atoms with van der Waals surface area (Å²) in [6.07, 6.45) is 22.8. The number of unbranched alkanes of at least 4 members (excludes halogenated alkanes) is 9. The van der Waals surface area contributed by atoms with E-state index in [1.807, 2.05) is 0 Å². The molecule has 0 heterocycles. The topological polar surface area (TPSA) is 12.0 Å². The number of hydrogen-bond donors (Lipinski definition) is 1. The molecule has 0 bridgehead atoms. The molecule has 0 aromatic heterocycles. The maximum atomic E-state index is 4.01. The van der Waals surface area contributed by atoms with E-state index < -0.39 is 0 Å². The van der Waals surface area contributed by atoms with Crippen LogP contribution in [0, 0.1) is 5.92 Å². The Morgan fingerprint density at radius 2 is 1.39 bits per heavy atom. The molecular weight excluding hydrogens is 278 g/mol. The highest BCUT2D eigenvalue weighted by Crippen LogP contribution is 2.38. The standard InChI is InChI=1S/C22H45N/c1-4-7-8-9-10-11-12-13-14-17-20-23-22(6-3)19-16-15-18-21(22)5-2/h21,23H,4-20H2,1-3H3. The molecule has 1 fully saturated rings. The first-order valence-corrected chi connectivity index (χ1v) is 11.0. The van der Waals surface area contributed by atoms with E-state index in [1.54, 1.807) is 0 Å². The van der Waals surface area contributed by atoms with Gasteiger partial charge >= 0.3 is 0 Å². The molecule has 1 heteroatoms. The minimum atomic E-state index is 0.478. The third kappa shape index (κ3) is 8.05. The summed E-state index contributed by atoms with van der Waals surface area (Å²) in [5.41, 5.74) is 0.478. The van der Waals surface area contributed by atoms with Gasteiger partial charge in [-0.1, -0.05) is 97.8 Å². The fourth-order valence-electron chi connectivity index (χ4n) is 4.68. The molecule has 1 aliphatic rings. The summed E-state index contributed by atoms with van der Waals surface area (Å²) in [6, 6.07) is 0. The molecule has 1 N–H and O–H groups in total. The van der Waals surface area contributed by atoms with Crippen LogP contribution < -0.4 is 5.32 Å². The van der Waals surface area contributed by atoms with E-state index in [1.165, 1.54) is 109 Å². The number of nitrogens with one attached hydrogen (secondary N) is 1. The summed E-state index contributed by atoms with van der Waals surface area (Å²) in [4.78, 5) is 0. The van der Waals surface area contributed by atoms with E-state index in [2.05, 4.69) is 26.1 Å². The molecular formula is C22H45N. The summed E-state index contributed by atoms with van der Waals surface area (Å²) < 4.78 is 0. The summed E-state index contributed by atoms with van der Waals surface area (Å²) in [7, 11) is 0. The van der Waals surface area contributed by atoms with Crippen LogP contribution in [0.3, 0.4) is 0 Å². The molecule has 0 aromatic carbocycles.